The Bertz CT molecular complexity index is 352. The van der Waals surface area contributed by atoms with Gasteiger partial charge in [0.2, 0.25) is 0 Å². The van der Waals surface area contributed by atoms with Gasteiger partial charge in [0.05, 0.1) is 7.11 Å². The average Bonchev–Trinajstić information content (AvgIpc) is 2.71. The number of hydrogen-bond acceptors (Lipinski definition) is 7. The van der Waals surface area contributed by atoms with Crippen molar-refractivity contribution in [1.82, 2.24) is 9.27 Å². The molecule has 1 aromatic heterocycles. The average molecular weight is 274 g/mol. The third kappa shape index (κ3) is 3.40. The zero-order chi connectivity index (χ0) is 12.1. The topological polar surface area (TPSA) is 63.4 Å². The van der Waals surface area contributed by atoms with Gasteiger partial charge in [0.1, 0.15) is 0 Å². The Morgan fingerprint density at radius 1 is 1.47 bits per heavy atom. The van der Waals surface area contributed by atoms with Crippen LogP contribution in [0, 0.1) is 0 Å². The molecule has 96 valence electrons. The van der Waals surface area contributed by atoms with Gasteiger partial charge in [-0.15, -0.1) is 0 Å². The van der Waals surface area contributed by atoms with Crippen LogP contribution in [0.4, 0.5) is 10.8 Å². The predicted molar refractivity (Wildman–Crippen MR) is 75.3 cm³/mol. The van der Waals surface area contributed by atoms with Crippen molar-refractivity contribution < 1.29 is 4.74 Å². The maximum atomic E-state index is 5.69. The lowest BCUT2D eigenvalue weighted by molar-refractivity contribution is 0.314. The molecule has 0 amide bonds. The quantitative estimate of drug-likeness (QED) is 0.841. The second-order valence-corrected chi connectivity index (χ2v) is 5.81. The molecule has 1 fully saturated rings. The first-order valence-corrected chi connectivity index (χ1v) is 7.57. The molecule has 5 nitrogen and oxygen atoms in total. The van der Waals surface area contributed by atoms with Gasteiger partial charge in [-0.2, -0.15) is 16.1 Å². The second-order valence-electron chi connectivity index (χ2n) is 3.81. The molecule has 0 aliphatic carbocycles. The Hall–Kier alpha value is -0.660. The number of nitrogen functional groups attached to an aromatic ring is 1. The van der Waals surface area contributed by atoms with Crippen molar-refractivity contribution in [3.05, 3.63) is 0 Å². The SMILES string of the molecule is COc1c(N)nsc1NCCN1CCSCC1. The van der Waals surface area contributed by atoms with Crippen molar-refractivity contribution in [3.63, 3.8) is 0 Å². The number of nitrogens with two attached hydrogens (primary N) is 1. The zero-order valence-electron chi connectivity index (χ0n) is 9.94. The first-order valence-electron chi connectivity index (χ1n) is 5.64. The normalized spacial score (nSPS) is 17.0. The standard InChI is InChI=1S/C10H18N4OS2/c1-15-8-9(11)13-17-10(8)12-2-3-14-4-6-16-7-5-14/h12H,2-7H2,1H3,(H2,11,13). The minimum Gasteiger partial charge on any atom is -0.490 e. The number of hydrogen-bond donors (Lipinski definition) is 2. The fraction of sp³-hybridized carbons (Fsp3) is 0.700. The molecule has 17 heavy (non-hydrogen) atoms. The summed E-state index contributed by atoms with van der Waals surface area (Å²) < 4.78 is 9.27. The summed E-state index contributed by atoms with van der Waals surface area (Å²) in [6.07, 6.45) is 0. The largest absolute Gasteiger partial charge is 0.490 e. The molecule has 2 rings (SSSR count). The van der Waals surface area contributed by atoms with Gasteiger partial charge < -0.3 is 15.8 Å². The number of rotatable bonds is 5. The molecule has 0 radical (unpaired) electrons. The molecule has 2 heterocycles. The summed E-state index contributed by atoms with van der Waals surface area (Å²) in [5.74, 6) is 3.63. The molecule has 0 spiro atoms. The van der Waals surface area contributed by atoms with Gasteiger partial charge in [-0.05, 0) is 11.5 Å². The fourth-order valence-electron chi connectivity index (χ4n) is 1.76. The van der Waals surface area contributed by atoms with Crippen LogP contribution in [0.5, 0.6) is 5.75 Å². The molecule has 0 bridgehead atoms. The highest BCUT2D eigenvalue weighted by molar-refractivity contribution is 7.99. The Labute approximate surface area is 110 Å². The lowest BCUT2D eigenvalue weighted by Gasteiger charge is -2.26. The summed E-state index contributed by atoms with van der Waals surface area (Å²) in [5.41, 5.74) is 5.69. The number of nitrogens with one attached hydrogen (secondary N) is 1. The van der Waals surface area contributed by atoms with Crippen molar-refractivity contribution in [2.45, 2.75) is 0 Å². The second kappa shape index (κ2) is 6.32. The molecule has 1 aliphatic rings. The van der Waals surface area contributed by atoms with Crippen LogP contribution in [-0.4, -0.2) is 54.1 Å². The molecule has 0 saturated carbocycles. The third-order valence-electron chi connectivity index (χ3n) is 2.70. The predicted octanol–water partition coefficient (Wildman–Crippen LogP) is 1.19. The molecule has 1 saturated heterocycles. The lowest BCUT2D eigenvalue weighted by Crippen LogP contribution is -2.36. The molecule has 0 unspecified atom stereocenters. The summed E-state index contributed by atoms with van der Waals surface area (Å²) in [5, 5.41) is 4.26. The van der Waals surface area contributed by atoms with Crippen LogP contribution in [0.1, 0.15) is 0 Å². The van der Waals surface area contributed by atoms with E-state index < -0.39 is 0 Å². The summed E-state index contributed by atoms with van der Waals surface area (Å²) in [7, 11) is 1.62. The molecule has 7 heteroatoms. The number of anilines is 2. The van der Waals surface area contributed by atoms with Crippen molar-refractivity contribution in [3.8, 4) is 5.75 Å². The van der Waals surface area contributed by atoms with Crippen molar-refractivity contribution in [1.29, 1.82) is 0 Å². The minimum absolute atomic E-state index is 0.467. The van der Waals surface area contributed by atoms with E-state index in [1.165, 1.54) is 36.1 Å². The molecule has 1 aliphatic heterocycles. The first-order chi connectivity index (χ1) is 8.31. The summed E-state index contributed by atoms with van der Waals surface area (Å²) >= 11 is 3.38. The van der Waals surface area contributed by atoms with Crippen LogP contribution in [0.3, 0.4) is 0 Å². The Balaban J connectivity index is 1.77. The van der Waals surface area contributed by atoms with Gasteiger partial charge in [-0.25, -0.2) is 0 Å². The summed E-state index contributed by atoms with van der Waals surface area (Å²) in [6, 6.07) is 0. The van der Waals surface area contributed by atoms with Crippen molar-refractivity contribution in [2.24, 2.45) is 0 Å². The number of ether oxygens (including phenoxy) is 1. The van der Waals surface area contributed by atoms with E-state index in [0.29, 0.717) is 11.6 Å². The van der Waals surface area contributed by atoms with E-state index in [4.69, 9.17) is 10.5 Å². The lowest BCUT2D eigenvalue weighted by atomic mass is 10.4. The van der Waals surface area contributed by atoms with Gasteiger partial charge in [-0.1, -0.05) is 0 Å². The highest BCUT2D eigenvalue weighted by Crippen LogP contribution is 2.34. The van der Waals surface area contributed by atoms with Crippen molar-refractivity contribution in [2.75, 3.05) is 55.8 Å². The van der Waals surface area contributed by atoms with Gasteiger partial charge in [0.25, 0.3) is 0 Å². The van der Waals surface area contributed by atoms with Crippen LogP contribution in [0.2, 0.25) is 0 Å². The van der Waals surface area contributed by atoms with Gasteiger partial charge >= 0.3 is 0 Å². The van der Waals surface area contributed by atoms with E-state index in [1.807, 2.05) is 11.8 Å². The molecule has 0 aromatic carbocycles. The van der Waals surface area contributed by atoms with E-state index in [1.54, 1.807) is 7.11 Å². The van der Waals surface area contributed by atoms with E-state index in [-0.39, 0.29) is 0 Å². The Kier molecular flexibility index (Phi) is 4.75. The third-order valence-corrected chi connectivity index (χ3v) is 4.44. The number of aromatic nitrogens is 1. The van der Waals surface area contributed by atoms with E-state index in [2.05, 4.69) is 14.6 Å². The minimum atomic E-state index is 0.467. The first kappa shape index (κ1) is 12.8. The Morgan fingerprint density at radius 3 is 2.94 bits per heavy atom. The Morgan fingerprint density at radius 2 is 2.24 bits per heavy atom. The van der Waals surface area contributed by atoms with Gasteiger partial charge in [0.15, 0.2) is 16.6 Å². The number of nitrogens with zero attached hydrogens (tertiary/aromatic N) is 2. The molecule has 1 aromatic rings. The smallest absolute Gasteiger partial charge is 0.197 e. The van der Waals surface area contributed by atoms with E-state index in [0.717, 1.165) is 18.1 Å². The molecule has 0 atom stereocenters. The fourth-order valence-corrected chi connectivity index (χ4v) is 3.44. The van der Waals surface area contributed by atoms with Crippen LogP contribution < -0.4 is 15.8 Å². The maximum Gasteiger partial charge on any atom is 0.197 e. The maximum absolute atomic E-state index is 5.69. The van der Waals surface area contributed by atoms with Gasteiger partial charge in [0, 0.05) is 37.7 Å². The van der Waals surface area contributed by atoms with Crippen LogP contribution in [0.25, 0.3) is 0 Å². The zero-order valence-corrected chi connectivity index (χ0v) is 11.6. The van der Waals surface area contributed by atoms with Gasteiger partial charge in [-0.3, -0.25) is 4.90 Å². The molecule has 3 N–H and O–H groups in total. The van der Waals surface area contributed by atoms with E-state index >= 15 is 0 Å². The van der Waals surface area contributed by atoms with Crippen LogP contribution in [-0.2, 0) is 0 Å². The molecular formula is C10H18N4OS2. The molecular weight excluding hydrogens is 256 g/mol. The highest BCUT2D eigenvalue weighted by atomic mass is 32.2. The van der Waals surface area contributed by atoms with Crippen LogP contribution in [0.15, 0.2) is 0 Å². The number of methoxy groups -OCH3 is 1. The highest BCUT2D eigenvalue weighted by Gasteiger charge is 2.13. The van der Waals surface area contributed by atoms with Crippen LogP contribution >= 0.6 is 23.3 Å². The van der Waals surface area contributed by atoms with E-state index in [9.17, 15) is 0 Å². The summed E-state index contributed by atoms with van der Waals surface area (Å²) in [6.45, 7) is 4.34. The number of thioether (sulfide) groups is 1. The monoisotopic (exact) mass is 274 g/mol. The summed E-state index contributed by atoms with van der Waals surface area (Å²) in [4.78, 5) is 2.47. The van der Waals surface area contributed by atoms with Crippen molar-refractivity contribution >= 4 is 34.1 Å².